The van der Waals surface area contributed by atoms with Gasteiger partial charge >= 0.3 is 12.1 Å². The highest BCUT2D eigenvalue weighted by atomic mass is 16.6. The molecule has 188 valence electrons. The van der Waals surface area contributed by atoms with Crippen LogP contribution in [0.4, 0.5) is 4.79 Å². The summed E-state index contributed by atoms with van der Waals surface area (Å²) < 4.78 is 5.82. The molecule has 0 bridgehead atoms. The summed E-state index contributed by atoms with van der Waals surface area (Å²) in [4.78, 5) is 39.8. The van der Waals surface area contributed by atoms with Crippen LogP contribution in [-0.2, 0) is 19.9 Å². The minimum Gasteiger partial charge on any atom is -0.480 e. The second-order valence-electron chi connectivity index (χ2n) is 9.52. The lowest BCUT2D eigenvalue weighted by molar-refractivity contribution is -0.145. The van der Waals surface area contributed by atoms with E-state index in [2.05, 4.69) is 0 Å². The Bertz CT molecular complexity index is 1080. The summed E-state index contributed by atoms with van der Waals surface area (Å²) in [6.45, 7) is 5.16. The molecule has 3 N–H and O–H groups in total. The molecule has 1 atom stereocenters. The Morgan fingerprint density at radius 3 is 1.50 bits per heavy atom. The van der Waals surface area contributed by atoms with Crippen molar-refractivity contribution in [3.8, 4) is 0 Å². The van der Waals surface area contributed by atoms with Gasteiger partial charge in [-0.2, -0.15) is 0 Å². The Hall–Kier alpha value is -4.13. The third-order valence-corrected chi connectivity index (χ3v) is 5.79. The Balaban J connectivity index is 2.46. The number of carbonyl (C=O) groups is 3. The highest BCUT2D eigenvalue weighted by Crippen LogP contribution is 2.45. The normalized spacial score (nSPS) is 12.4. The molecule has 0 aliphatic rings. The van der Waals surface area contributed by atoms with E-state index in [0.717, 1.165) is 0 Å². The number of carboxylic acids is 1. The van der Waals surface area contributed by atoms with Crippen LogP contribution in [0, 0.1) is 0 Å². The zero-order chi connectivity index (χ0) is 26.3. The molecule has 0 aromatic heterocycles. The predicted octanol–water partition coefficient (Wildman–Crippen LogP) is 4.93. The fourth-order valence-corrected chi connectivity index (χ4v) is 4.41. The van der Waals surface area contributed by atoms with Gasteiger partial charge in [-0.15, -0.1) is 0 Å². The van der Waals surface area contributed by atoms with Crippen molar-refractivity contribution in [2.45, 2.75) is 50.8 Å². The van der Waals surface area contributed by atoms with Gasteiger partial charge in [-0.3, -0.25) is 9.69 Å². The largest absolute Gasteiger partial charge is 0.480 e. The molecular formula is C29H32N2O5. The van der Waals surface area contributed by atoms with Gasteiger partial charge in [-0.05, 0) is 43.9 Å². The molecule has 0 radical (unpaired) electrons. The molecule has 0 heterocycles. The molecule has 36 heavy (non-hydrogen) atoms. The van der Waals surface area contributed by atoms with Gasteiger partial charge in [0.1, 0.15) is 17.2 Å². The topological polar surface area (TPSA) is 110 Å². The molecule has 0 saturated carbocycles. The maximum absolute atomic E-state index is 14.0. The first-order valence-electron chi connectivity index (χ1n) is 11.8. The zero-order valence-corrected chi connectivity index (χ0v) is 20.8. The van der Waals surface area contributed by atoms with E-state index in [-0.39, 0.29) is 12.8 Å². The van der Waals surface area contributed by atoms with Crippen LogP contribution in [0.15, 0.2) is 91.0 Å². The van der Waals surface area contributed by atoms with Crippen molar-refractivity contribution in [2.24, 2.45) is 5.73 Å². The van der Waals surface area contributed by atoms with Gasteiger partial charge in [0.25, 0.3) is 0 Å². The lowest BCUT2D eigenvalue weighted by Gasteiger charge is -2.47. The summed E-state index contributed by atoms with van der Waals surface area (Å²) in [5, 5.41) is 10.4. The number of aliphatic carboxylic acids is 1. The standard InChI is InChI=1S/C29H32N2O5/c1-28(2,3)36-27(35)31(24(26(33)34)19-20-25(30)32)29(21-13-7-4-8-14-21,22-15-9-5-10-16-22)23-17-11-6-12-18-23/h4-18,24H,19-20H2,1-3H3,(H2,30,32)(H,33,34). The van der Waals surface area contributed by atoms with Gasteiger partial charge in [0.2, 0.25) is 5.91 Å². The van der Waals surface area contributed by atoms with Crippen molar-refractivity contribution in [1.82, 2.24) is 4.90 Å². The van der Waals surface area contributed by atoms with Gasteiger partial charge in [-0.1, -0.05) is 91.0 Å². The number of nitrogens with two attached hydrogens (primary N) is 1. The smallest absolute Gasteiger partial charge is 0.412 e. The number of nitrogens with zero attached hydrogens (tertiary/aromatic N) is 1. The monoisotopic (exact) mass is 488 g/mol. The van der Waals surface area contributed by atoms with Crippen LogP contribution in [0.5, 0.6) is 0 Å². The first-order valence-corrected chi connectivity index (χ1v) is 11.8. The van der Waals surface area contributed by atoms with Crippen LogP contribution in [0.2, 0.25) is 0 Å². The molecule has 0 aliphatic heterocycles. The van der Waals surface area contributed by atoms with Gasteiger partial charge < -0.3 is 15.6 Å². The summed E-state index contributed by atoms with van der Waals surface area (Å²) in [5.41, 5.74) is 5.09. The molecule has 3 aromatic carbocycles. The summed E-state index contributed by atoms with van der Waals surface area (Å²) in [5.74, 6) is -1.93. The Kier molecular flexibility index (Phi) is 8.14. The highest BCUT2D eigenvalue weighted by Gasteiger charge is 2.51. The van der Waals surface area contributed by atoms with E-state index in [9.17, 15) is 19.5 Å². The first-order chi connectivity index (χ1) is 17.1. The molecule has 0 fully saturated rings. The average Bonchev–Trinajstić information content (AvgIpc) is 2.84. The van der Waals surface area contributed by atoms with Crippen molar-refractivity contribution in [2.75, 3.05) is 0 Å². The summed E-state index contributed by atoms with van der Waals surface area (Å²) in [7, 11) is 0. The Morgan fingerprint density at radius 2 is 1.19 bits per heavy atom. The number of rotatable bonds is 9. The van der Waals surface area contributed by atoms with Crippen molar-refractivity contribution >= 4 is 18.0 Å². The molecule has 1 unspecified atom stereocenters. The van der Waals surface area contributed by atoms with E-state index in [4.69, 9.17) is 10.5 Å². The van der Waals surface area contributed by atoms with Crippen molar-refractivity contribution in [1.29, 1.82) is 0 Å². The molecule has 7 heteroatoms. The highest BCUT2D eigenvalue weighted by molar-refractivity contribution is 5.83. The fraction of sp³-hybridized carbons (Fsp3) is 0.276. The summed E-state index contributed by atoms with van der Waals surface area (Å²) >= 11 is 0. The van der Waals surface area contributed by atoms with Crippen molar-refractivity contribution in [3.63, 3.8) is 0 Å². The lowest BCUT2D eigenvalue weighted by atomic mass is 9.74. The number of carbonyl (C=O) groups excluding carboxylic acids is 2. The van der Waals surface area contributed by atoms with Crippen LogP contribution in [0.25, 0.3) is 0 Å². The molecule has 3 aromatic rings. The summed E-state index contributed by atoms with van der Waals surface area (Å²) in [6.07, 6.45) is -1.22. The van der Waals surface area contributed by atoms with E-state index < -0.39 is 35.2 Å². The van der Waals surface area contributed by atoms with E-state index >= 15 is 0 Å². The lowest BCUT2D eigenvalue weighted by Crippen LogP contribution is -2.59. The maximum atomic E-state index is 14.0. The fourth-order valence-electron chi connectivity index (χ4n) is 4.41. The SMILES string of the molecule is CC(C)(C)OC(=O)N(C(CCC(N)=O)C(=O)O)C(c1ccccc1)(c1ccccc1)c1ccccc1. The number of hydrogen-bond donors (Lipinski definition) is 2. The quantitative estimate of drug-likeness (QED) is 0.415. The van der Waals surface area contributed by atoms with Gasteiger partial charge in [0.05, 0.1) is 0 Å². The predicted molar refractivity (Wildman–Crippen MR) is 137 cm³/mol. The van der Waals surface area contributed by atoms with Crippen LogP contribution < -0.4 is 5.73 Å². The van der Waals surface area contributed by atoms with Crippen molar-refractivity contribution < 1.29 is 24.2 Å². The number of primary amides is 1. The molecule has 0 aliphatic carbocycles. The van der Waals surface area contributed by atoms with Crippen molar-refractivity contribution in [3.05, 3.63) is 108 Å². The molecule has 7 nitrogen and oxygen atoms in total. The van der Waals surface area contributed by atoms with E-state index in [0.29, 0.717) is 16.7 Å². The first kappa shape index (κ1) is 26.5. The summed E-state index contributed by atoms with van der Waals surface area (Å²) in [6, 6.07) is 26.3. The minimum absolute atomic E-state index is 0.182. The third-order valence-electron chi connectivity index (χ3n) is 5.79. The Labute approximate surface area is 211 Å². The molecule has 3 rings (SSSR count). The van der Waals surface area contributed by atoms with Gasteiger partial charge in [0, 0.05) is 6.42 Å². The van der Waals surface area contributed by atoms with Crippen LogP contribution in [-0.4, -0.2) is 39.6 Å². The van der Waals surface area contributed by atoms with E-state index in [1.54, 1.807) is 20.8 Å². The van der Waals surface area contributed by atoms with Crippen LogP contribution >= 0.6 is 0 Å². The molecule has 0 saturated heterocycles. The average molecular weight is 489 g/mol. The van der Waals surface area contributed by atoms with Gasteiger partial charge in [-0.25, -0.2) is 9.59 Å². The molecule has 2 amide bonds. The number of benzene rings is 3. The Morgan fingerprint density at radius 1 is 0.806 bits per heavy atom. The van der Waals surface area contributed by atoms with Crippen LogP contribution in [0.1, 0.15) is 50.3 Å². The van der Waals surface area contributed by atoms with Gasteiger partial charge in [0.15, 0.2) is 0 Å². The number of hydrogen-bond acceptors (Lipinski definition) is 4. The second-order valence-corrected chi connectivity index (χ2v) is 9.52. The minimum atomic E-state index is -1.42. The maximum Gasteiger partial charge on any atom is 0.412 e. The van der Waals surface area contributed by atoms with E-state index in [1.807, 2.05) is 91.0 Å². The molecular weight excluding hydrogens is 456 g/mol. The third kappa shape index (κ3) is 5.74. The number of ether oxygens (including phenoxy) is 1. The number of amides is 2. The van der Waals surface area contributed by atoms with E-state index in [1.165, 1.54) is 4.90 Å². The molecule has 0 spiro atoms. The number of carboxylic acid groups (broad SMARTS) is 1. The zero-order valence-electron chi connectivity index (χ0n) is 20.8. The second kappa shape index (κ2) is 11.1. The van der Waals surface area contributed by atoms with Crippen LogP contribution in [0.3, 0.4) is 0 Å².